The van der Waals surface area contributed by atoms with Crippen molar-refractivity contribution in [2.75, 3.05) is 4.90 Å². The second-order valence-corrected chi connectivity index (χ2v) is 18.8. The van der Waals surface area contributed by atoms with E-state index in [4.69, 9.17) is 0 Å². The second-order valence-electron chi connectivity index (χ2n) is 18.8. The molecular weight excluding hydrogens is 819 g/mol. The Bertz CT molecular complexity index is 3730. The molecule has 2 aliphatic rings. The monoisotopic (exact) mass is 867 g/mol. The number of rotatable bonds is 7. The smallest absolute Gasteiger partial charge is 0.0714 e. The SMILES string of the molecule is Cc1cccc(-c2c3c(c(-c4cccc(C)c4C)c4ccccc24)-c2cc4c(c5cccc-3c25)-c2ccc(N(c3ccccc3)c3ccccc3)cc2C4(c2ccccc2)c2ccccc2)c1C. The molecule has 322 valence electrons. The van der Waals surface area contributed by atoms with Gasteiger partial charge in [-0.05, 0) is 192 Å². The first-order valence-electron chi connectivity index (χ1n) is 23.9. The molecule has 0 unspecified atom stereocenters. The Labute approximate surface area is 399 Å². The summed E-state index contributed by atoms with van der Waals surface area (Å²) in [5.74, 6) is 0. The van der Waals surface area contributed by atoms with Crippen LogP contribution in [0.25, 0.3) is 77.2 Å². The highest BCUT2D eigenvalue weighted by Gasteiger charge is 2.48. The van der Waals surface area contributed by atoms with Gasteiger partial charge in [0.05, 0.1) is 5.41 Å². The molecule has 0 amide bonds. The number of benzene rings is 11. The highest BCUT2D eigenvalue weighted by Crippen LogP contribution is 2.65. The first-order chi connectivity index (χ1) is 33.4. The van der Waals surface area contributed by atoms with Crippen molar-refractivity contribution in [1.29, 1.82) is 0 Å². The first kappa shape index (κ1) is 40.1. The minimum atomic E-state index is -0.655. The maximum Gasteiger partial charge on any atom is 0.0714 e. The summed E-state index contributed by atoms with van der Waals surface area (Å²) in [7, 11) is 0. The van der Waals surface area contributed by atoms with Crippen LogP contribution in [0.15, 0.2) is 224 Å². The average molecular weight is 868 g/mol. The molecule has 13 rings (SSSR count). The van der Waals surface area contributed by atoms with Crippen LogP contribution in [0.1, 0.15) is 44.5 Å². The number of hydrogen-bond acceptors (Lipinski definition) is 1. The van der Waals surface area contributed by atoms with Gasteiger partial charge in [-0.2, -0.15) is 0 Å². The molecule has 0 aromatic heterocycles. The Morgan fingerprint density at radius 3 is 1.29 bits per heavy atom. The molecule has 0 atom stereocenters. The van der Waals surface area contributed by atoms with Gasteiger partial charge in [0.1, 0.15) is 0 Å². The molecule has 1 nitrogen and oxygen atoms in total. The van der Waals surface area contributed by atoms with Gasteiger partial charge in [0.25, 0.3) is 0 Å². The summed E-state index contributed by atoms with van der Waals surface area (Å²) < 4.78 is 0. The van der Waals surface area contributed by atoms with Crippen LogP contribution >= 0.6 is 0 Å². The normalized spacial score (nSPS) is 12.8. The molecule has 11 aromatic carbocycles. The third-order valence-electron chi connectivity index (χ3n) is 15.4. The molecule has 0 heterocycles. The van der Waals surface area contributed by atoms with E-state index < -0.39 is 5.41 Å². The lowest BCUT2D eigenvalue weighted by Gasteiger charge is -2.35. The van der Waals surface area contributed by atoms with Gasteiger partial charge in [-0.25, -0.2) is 0 Å². The van der Waals surface area contributed by atoms with Crippen molar-refractivity contribution in [3.05, 3.63) is 269 Å². The molecule has 0 fully saturated rings. The van der Waals surface area contributed by atoms with E-state index >= 15 is 0 Å². The van der Waals surface area contributed by atoms with Crippen molar-refractivity contribution in [2.24, 2.45) is 0 Å². The maximum atomic E-state index is 2.63. The van der Waals surface area contributed by atoms with E-state index in [1.165, 1.54) is 122 Å². The molecule has 0 bridgehead atoms. The fourth-order valence-corrected chi connectivity index (χ4v) is 12.2. The zero-order valence-corrected chi connectivity index (χ0v) is 38.8. The largest absolute Gasteiger partial charge is 0.310 e. The molecule has 2 aliphatic carbocycles. The van der Waals surface area contributed by atoms with E-state index in [0.717, 1.165) is 17.1 Å². The molecule has 0 aliphatic heterocycles. The van der Waals surface area contributed by atoms with Crippen LogP contribution in [0.3, 0.4) is 0 Å². The highest BCUT2D eigenvalue weighted by atomic mass is 15.1. The Kier molecular flexibility index (Phi) is 9.07. The minimum Gasteiger partial charge on any atom is -0.310 e. The molecule has 1 heteroatoms. The van der Waals surface area contributed by atoms with Crippen molar-refractivity contribution in [2.45, 2.75) is 33.1 Å². The van der Waals surface area contributed by atoms with Crippen LogP contribution in [-0.4, -0.2) is 0 Å². The number of anilines is 3. The van der Waals surface area contributed by atoms with Gasteiger partial charge >= 0.3 is 0 Å². The number of aryl methyl sites for hydroxylation is 2. The summed E-state index contributed by atoms with van der Waals surface area (Å²) in [5, 5.41) is 5.19. The summed E-state index contributed by atoms with van der Waals surface area (Å²) in [6.45, 7) is 9.12. The van der Waals surface area contributed by atoms with Crippen molar-refractivity contribution < 1.29 is 0 Å². The highest BCUT2D eigenvalue weighted by molar-refractivity contribution is 6.30. The third kappa shape index (κ3) is 5.63. The maximum absolute atomic E-state index is 2.63. The summed E-state index contributed by atoms with van der Waals surface area (Å²) >= 11 is 0. The number of hydrogen-bond donors (Lipinski definition) is 0. The topological polar surface area (TPSA) is 3.24 Å². The summed E-state index contributed by atoms with van der Waals surface area (Å²) in [6, 6.07) is 84.1. The number of fused-ring (bicyclic) bond motifs is 8. The van der Waals surface area contributed by atoms with Crippen molar-refractivity contribution in [1.82, 2.24) is 0 Å². The van der Waals surface area contributed by atoms with Crippen LogP contribution in [0.5, 0.6) is 0 Å². The standard InChI is InChI=1S/C67H49N/c1-42-22-19-34-51(44(42)3)63-53-32-17-18-33-54(53)64(52-35-20-23-43(2)45(52)4)66-58-41-60-62(56-36-21-37-57(61(56)58)65(63)66)55-39-38-50(68(48-28-13-7-14-29-48)49-30-15-8-16-31-49)40-59(55)67(60,46-24-9-5-10-25-46)47-26-11-6-12-27-47/h5-41H,1-4H3. The summed E-state index contributed by atoms with van der Waals surface area (Å²) in [6.07, 6.45) is 0. The summed E-state index contributed by atoms with van der Waals surface area (Å²) in [5.41, 5.74) is 26.1. The molecule has 0 saturated carbocycles. The van der Waals surface area contributed by atoms with Gasteiger partial charge in [-0.1, -0.05) is 182 Å². The Hall–Kier alpha value is -8.26. The molecule has 0 saturated heterocycles. The second kappa shape index (κ2) is 15.4. The number of nitrogens with zero attached hydrogens (tertiary/aromatic N) is 1. The molecule has 0 spiro atoms. The molecule has 0 radical (unpaired) electrons. The van der Waals surface area contributed by atoms with Crippen LogP contribution in [-0.2, 0) is 5.41 Å². The quantitative estimate of drug-likeness (QED) is 0.154. The van der Waals surface area contributed by atoms with Crippen LogP contribution in [0, 0.1) is 27.7 Å². The number of para-hydroxylation sites is 2. The van der Waals surface area contributed by atoms with Gasteiger partial charge < -0.3 is 4.90 Å². The predicted molar refractivity (Wildman–Crippen MR) is 288 cm³/mol. The molecule has 11 aromatic rings. The van der Waals surface area contributed by atoms with Crippen molar-refractivity contribution in [3.63, 3.8) is 0 Å². The lowest BCUT2D eigenvalue weighted by Crippen LogP contribution is -2.29. The lowest BCUT2D eigenvalue weighted by molar-refractivity contribution is 0.769. The predicted octanol–water partition coefficient (Wildman–Crippen LogP) is 18.0. The van der Waals surface area contributed by atoms with Gasteiger partial charge in [0.2, 0.25) is 0 Å². The Morgan fingerprint density at radius 1 is 0.294 bits per heavy atom. The Balaban J connectivity index is 1.21. The first-order valence-corrected chi connectivity index (χ1v) is 23.9. The van der Waals surface area contributed by atoms with E-state index in [-0.39, 0.29) is 0 Å². The Morgan fingerprint density at radius 2 is 0.750 bits per heavy atom. The van der Waals surface area contributed by atoms with E-state index in [2.05, 4.69) is 257 Å². The van der Waals surface area contributed by atoms with E-state index in [1.54, 1.807) is 0 Å². The van der Waals surface area contributed by atoms with Crippen molar-refractivity contribution >= 4 is 38.6 Å². The third-order valence-corrected chi connectivity index (χ3v) is 15.4. The molecule has 0 N–H and O–H groups in total. The van der Waals surface area contributed by atoms with Gasteiger partial charge in [0.15, 0.2) is 0 Å². The average Bonchev–Trinajstić information content (AvgIpc) is 3.87. The van der Waals surface area contributed by atoms with Crippen LogP contribution < -0.4 is 4.90 Å². The van der Waals surface area contributed by atoms with Crippen LogP contribution in [0.2, 0.25) is 0 Å². The minimum absolute atomic E-state index is 0.655. The van der Waals surface area contributed by atoms with Crippen molar-refractivity contribution in [3.8, 4) is 55.6 Å². The fraction of sp³-hybridized carbons (Fsp3) is 0.0746. The van der Waals surface area contributed by atoms with Gasteiger partial charge in [-0.15, -0.1) is 0 Å². The molecule has 68 heavy (non-hydrogen) atoms. The fourth-order valence-electron chi connectivity index (χ4n) is 12.2. The van der Waals surface area contributed by atoms with E-state index in [1.807, 2.05) is 0 Å². The van der Waals surface area contributed by atoms with Gasteiger partial charge in [0, 0.05) is 17.1 Å². The van der Waals surface area contributed by atoms with Gasteiger partial charge in [-0.3, -0.25) is 0 Å². The van der Waals surface area contributed by atoms with Crippen LogP contribution in [0.4, 0.5) is 17.1 Å². The molecular formula is C67H49N. The zero-order chi connectivity index (χ0) is 45.7. The van der Waals surface area contributed by atoms with E-state index in [0.29, 0.717) is 0 Å². The zero-order valence-electron chi connectivity index (χ0n) is 38.8. The van der Waals surface area contributed by atoms with E-state index in [9.17, 15) is 0 Å². The summed E-state index contributed by atoms with van der Waals surface area (Å²) in [4.78, 5) is 2.40. The lowest BCUT2D eigenvalue weighted by atomic mass is 9.67.